The quantitative estimate of drug-likeness (QED) is 0.927. The molecule has 1 aliphatic rings. The first-order chi connectivity index (χ1) is 9.65. The minimum atomic E-state index is -0.144. The van der Waals surface area contributed by atoms with E-state index in [1.807, 2.05) is 12.1 Å². The Balaban J connectivity index is 1.98. The lowest BCUT2D eigenvalue weighted by Crippen LogP contribution is -2.27. The Morgan fingerprint density at radius 2 is 2.20 bits per heavy atom. The number of hydrogen-bond acceptors (Lipinski definition) is 3. The second kappa shape index (κ2) is 5.46. The number of hydrogen-bond donors (Lipinski definition) is 1. The smallest absolute Gasteiger partial charge is 0.269 e. The molecule has 0 amide bonds. The fraction of sp³-hybridized carbons (Fsp3) is 0.286. The highest BCUT2D eigenvalue weighted by molar-refractivity contribution is 6.42. The highest BCUT2D eigenvalue weighted by Crippen LogP contribution is 2.26. The van der Waals surface area contributed by atoms with Crippen LogP contribution in [0.5, 0.6) is 0 Å². The second-order valence-corrected chi connectivity index (χ2v) is 5.53. The third-order valence-electron chi connectivity index (χ3n) is 3.33. The number of rotatable bonds is 2. The Kier molecular flexibility index (Phi) is 3.68. The SMILES string of the molecule is O=c1cc2c(nn1Cc1cccc(Cl)c1Cl)CCCN2. The number of aryl methyl sites for hydroxylation is 1. The zero-order valence-electron chi connectivity index (χ0n) is 10.7. The lowest BCUT2D eigenvalue weighted by molar-refractivity contribution is 0.608. The largest absolute Gasteiger partial charge is 0.383 e. The van der Waals surface area contributed by atoms with Crippen molar-refractivity contribution in [1.82, 2.24) is 9.78 Å². The zero-order valence-corrected chi connectivity index (χ0v) is 12.2. The van der Waals surface area contributed by atoms with Gasteiger partial charge in [0, 0.05) is 12.6 Å². The van der Waals surface area contributed by atoms with Gasteiger partial charge in [0.15, 0.2) is 0 Å². The number of fused-ring (bicyclic) bond motifs is 1. The molecule has 1 aliphatic heterocycles. The van der Waals surface area contributed by atoms with Crippen molar-refractivity contribution in [3.05, 3.63) is 55.9 Å². The van der Waals surface area contributed by atoms with Gasteiger partial charge in [0.25, 0.3) is 5.56 Å². The number of aromatic nitrogens is 2. The molecule has 20 heavy (non-hydrogen) atoms. The molecule has 0 aliphatic carbocycles. The van der Waals surface area contributed by atoms with Crippen LogP contribution in [-0.4, -0.2) is 16.3 Å². The van der Waals surface area contributed by atoms with Crippen LogP contribution in [0.25, 0.3) is 0 Å². The first-order valence-electron chi connectivity index (χ1n) is 6.43. The summed E-state index contributed by atoms with van der Waals surface area (Å²) in [5.41, 5.74) is 2.41. The minimum absolute atomic E-state index is 0.144. The molecule has 0 saturated carbocycles. The van der Waals surface area contributed by atoms with Gasteiger partial charge in [-0.25, -0.2) is 4.68 Å². The van der Waals surface area contributed by atoms with Crippen LogP contribution in [0, 0.1) is 0 Å². The Morgan fingerprint density at radius 1 is 1.35 bits per heavy atom. The summed E-state index contributed by atoms with van der Waals surface area (Å²) in [4.78, 5) is 12.1. The number of benzene rings is 1. The Hall–Kier alpha value is -1.52. The molecule has 0 fully saturated rings. The van der Waals surface area contributed by atoms with E-state index in [1.165, 1.54) is 4.68 Å². The number of halogens is 2. The van der Waals surface area contributed by atoms with Crippen LogP contribution in [-0.2, 0) is 13.0 Å². The predicted octanol–water partition coefficient (Wildman–Crippen LogP) is 2.96. The second-order valence-electron chi connectivity index (χ2n) is 4.74. The van der Waals surface area contributed by atoms with Gasteiger partial charge >= 0.3 is 0 Å². The van der Waals surface area contributed by atoms with Gasteiger partial charge in [-0.15, -0.1) is 0 Å². The summed E-state index contributed by atoms with van der Waals surface area (Å²) in [6.45, 7) is 1.21. The van der Waals surface area contributed by atoms with Crippen molar-refractivity contribution in [3.8, 4) is 0 Å². The third kappa shape index (κ3) is 2.53. The van der Waals surface area contributed by atoms with Crippen LogP contribution < -0.4 is 10.9 Å². The normalized spacial score (nSPS) is 13.7. The van der Waals surface area contributed by atoms with Gasteiger partial charge in [-0.2, -0.15) is 5.10 Å². The molecule has 0 radical (unpaired) electrons. The fourth-order valence-electron chi connectivity index (χ4n) is 2.29. The molecule has 2 heterocycles. The first kappa shape index (κ1) is 13.5. The summed E-state index contributed by atoms with van der Waals surface area (Å²) >= 11 is 12.1. The number of nitrogens with one attached hydrogen (secondary N) is 1. The summed E-state index contributed by atoms with van der Waals surface area (Å²) in [5, 5.41) is 8.57. The summed E-state index contributed by atoms with van der Waals surface area (Å²) in [6.07, 6.45) is 1.90. The maximum Gasteiger partial charge on any atom is 0.269 e. The van der Waals surface area contributed by atoms with E-state index < -0.39 is 0 Å². The molecule has 104 valence electrons. The molecule has 0 unspecified atom stereocenters. The molecule has 6 heteroatoms. The first-order valence-corrected chi connectivity index (χ1v) is 7.18. The lowest BCUT2D eigenvalue weighted by atomic mass is 10.1. The van der Waals surface area contributed by atoms with E-state index in [0.717, 1.165) is 36.3 Å². The van der Waals surface area contributed by atoms with Crippen molar-refractivity contribution in [3.63, 3.8) is 0 Å². The molecule has 1 aromatic heterocycles. The van der Waals surface area contributed by atoms with Crippen LogP contribution in [0.2, 0.25) is 10.0 Å². The van der Waals surface area contributed by atoms with Gasteiger partial charge in [0.05, 0.1) is 28.0 Å². The highest BCUT2D eigenvalue weighted by Gasteiger charge is 2.14. The van der Waals surface area contributed by atoms with Gasteiger partial charge in [0.2, 0.25) is 0 Å². The Labute approximate surface area is 126 Å². The maximum atomic E-state index is 12.1. The monoisotopic (exact) mass is 309 g/mol. The van der Waals surface area contributed by atoms with Crippen LogP contribution in [0.4, 0.5) is 5.69 Å². The standard InChI is InChI=1S/C14H13Cl2N3O/c15-10-4-1-3-9(14(10)16)8-19-13(20)7-12-11(18-19)5-2-6-17-12/h1,3-4,7,17H,2,5-6,8H2. The van der Waals surface area contributed by atoms with Crippen LogP contribution in [0.3, 0.4) is 0 Å². The summed E-state index contributed by atoms with van der Waals surface area (Å²) in [5.74, 6) is 0. The molecule has 2 aromatic rings. The van der Waals surface area contributed by atoms with Gasteiger partial charge in [0.1, 0.15) is 0 Å². The Morgan fingerprint density at radius 3 is 3.05 bits per heavy atom. The molecule has 4 nitrogen and oxygen atoms in total. The van der Waals surface area contributed by atoms with Crippen LogP contribution >= 0.6 is 23.2 Å². The highest BCUT2D eigenvalue weighted by atomic mass is 35.5. The fourth-order valence-corrected chi connectivity index (χ4v) is 2.67. The topological polar surface area (TPSA) is 46.9 Å². The number of nitrogens with zero attached hydrogens (tertiary/aromatic N) is 2. The van der Waals surface area contributed by atoms with Crippen molar-refractivity contribution >= 4 is 28.9 Å². The summed E-state index contributed by atoms with van der Waals surface area (Å²) < 4.78 is 1.43. The van der Waals surface area contributed by atoms with E-state index in [4.69, 9.17) is 23.2 Å². The van der Waals surface area contributed by atoms with Gasteiger partial charge in [-0.3, -0.25) is 4.79 Å². The molecule has 0 saturated heterocycles. The molecule has 0 atom stereocenters. The average molecular weight is 310 g/mol. The Bertz CT molecular complexity index is 712. The van der Waals surface area contributed by atoms with E-state index in [-0.39, 0.29) is 5.56 Å². The summed E-state index contributed by atoms with van der Waals surface area (Å²) in [7, 11) is 0. The average Bonchev–Trinajstić information content (AvgIpc) is 2.44. The molecule has 0 bridgehead atoms. The maximum absolute atomic E-state index is 12.1. The minimum Gasteiger partial charge on any atom is -0.383 e. The molecule has 1 N–H and O–H groups in total. The van der Waals surface area contributed by atoms with Gasteiger partial charge < -0.3 is 5.32 Å². The van der Waals surface area contributed by atoms with Crippen molar-refractivity contribution in [2.24, 2.45) is 0 Å². The molecular formula is C14H13Cl2N3O. The van der Waals surface area contributed by atoms with Gasteiger partial charge in [-0.05, 0) is 24.5 Å². The summed E-state index contributed by atoms with van der Waals surface area (Å²) in [6, 6.07) is 6.98. The van der Waals surface area contributed by atoms with E-state index >= 15 is 0 Å². The third-order valence-corrected chi connectivity index (χ3v) is 4.19. The molecule has 0 spiro atoms. The zero-order chi connectivity index (χ0) is 14.1. The van der Waals surface area contributed by atoms with Crippen molar-refractivity contribution in [2.75, 3.05) is 11.9 Å². The van der Waals surface area contributed by atoms with E-state index in [2.05, 4.69) is 10.4 Å². The van der Waals surface area contributed by atoms with Crippen molar-refractivity contribution < 1.29 is 0 Å². The van der Waals surface area contributed by atoms with E-state index in [0.29, 0.717) is 16.6 Å². The molecular weight excluding hydrogens is 297 g/mol. The van der Waals surface area contributed by atoms with Crippen molar-refractivity contribution in [1.29, 1.82) is 0 Å². The molecule has 1 aromatic carbocycles. The van der Waals surface area contributed by atoms with Crippen LogP contribution in [0.15, 0.2) is 29.1 Å². The van der Waals surface area contributed by atoms with Gasteiger partial charge in [-0.1, -0.05) is 35.3 Å². The van der Waals surface area contributed by atoms with Crippen molar-refractivity contribution in [2.45, 2.75) is 19.4 Å². The predicted molar refractivity (Wildman–Crippen MR) is 80.9 cm³/mol. The molecule has 3 rings (SSSR count). The number of anilines is 1. The van der Waals surface area contributed by atoms with E-state index in [9.17, 15) is 4.79 Å². The van der Waals surface area contributed by atoms with Crippen LogP contribution in [0.1, 0.15) is 17.7 Å². The lowest BCUT2D eigenvalue weighted by Gasteiger charge is -2.18. The van der Waals surface area contributed by atoms with E-state index in [1.54, 1.807) is 12.1 Å².